The first-order valence-electron chi connectivity index (χ1n) is 5.44. The molecule has 0 bridgehead atoms. The van der Waals surface area contributed by atoms with E-state index < -0.39 is 0 Å². The van der Waals surface area contributed by atoms with Gasteiger partial charge in [-0.25, -0.2) is 0 Å². The second kappa shape index (κ2) is 4.87. The number of rotatable bonds is 2. The lowest BCUT2D eigenvalue weighted by molar-refractivity contribution is 0.742. The van der Waals surface area contributed by atoms with E-state index in [1.165, 1.54) is 5.69 Å². The number of hydrogen-bond donors (Lipinski definition) is 1. The molecule has 16 heavy (non-hydrogen) atoms. The maximum atomic E-state index is 4.50. The van der Waals surface area contributed by atoms with Gasteiger partial charge in [0.2, 0.25) is 0 Å². The summed E-state index contributed by atoms with van der Waals surface area (Å²) in [6.45, 7) is 1.94. The average Bonchev–Trinajstić information content (AvgIpc) is 2.30. The highest BCUT2D eigenvalue weighted by molar-refractivity contribution is 9.10. The van der Waals surface area contributed by atoms with Gasteiger partial charge in [-0.2, -0.15) is 0 Å². The van der Waals surface area contributed by atoms with Gasteiger partial charge in [-0.3, -0.25) is 4.99 Å². The molecule has 0 radical (unpaired) electrons. The molecule has 0 fully saturated rings. The maximum absolute atomic E-state index is 4.50. The van der Waals surface area contributed by atoms with Crippen LogP contribution in [0.2, 0.25) is 0 Å². The summed E-state index contributed by atoms with van der Waals surface area (Å²) in [4.78, 5) is 6.58. The first kappa shape index (κ1) is 11.5. The number of nitrogens with zero attached hydrogens (tertiary/aromatic N) is 2. The molecule has 0 spiro atoms. The Morgan fingerprint density at radius 3 is 2.75 bits per heavy atom. The molecule has 0 saturated heterocycles. The quantitative estimate of drug-likeness (QED) is 0.901. The largest absolute Gasteiger partial charge is 0.378 e. The fourth-order valence-electron chi connectivity index (χ4n) is 1.69. The maximum Gasteiger partial charge on any atom is 0.129 e. The number of hydrogen-bond acceptors (Lipinski definition) is 3. The van der Waals surface area contributed by atoms with Crippen molar-refractivity contribution in [1.29, 1.82) is 0 Å². The molecule has 1 aliphatic heterocycles. The molecular formula is C12H16BrN3. The molecule has 0 aliphatic carbocycles. The molecule has 1 aliphatic rings. The SMILES string of the molecule is CN(C)c1ccc(C2=NCCCN2)c(Br)c1. The highest BCUT2D eigenvalue weighted by Gasteiger charge is 2.11. The van der Waals surface area contributed by atoms with Crippen LogP contribution in [-0.4, -0.2) is 33.0 Å². The number of nitrogens with one attached hydrogen (secondary N) is 1. The molecule has 2 rings (SSSR count). The van der Waals surface area contributed by atoms with E-state index in [-0.39, 0.29) is 0 Å². The molecule has 1 aromatic rings. The highest BCUT2D eigenvalue weighted by atomic mass is 79.9. The third-order valence-electron chi connectivity index (χ3n) is 2.62. The van der Waals surface area contributed by atoms with E-state index in [0.717, 1.165) is 35.4 Å². The van der Waals surface area contributed by atoms with Crippen LogP contribution in [0.15, 0.2) is 27.7 Å². The minimum Gasteiger partial charge on any atom is -0.378 e. The Morgan fingerprint density at radius 2 is 2.19 bits per heavy atom. The summed E-state index contributed by atoms with van der Waals surface area (Å²) < 4.78 is 1.09. The van der Waals surface area contributed by atoms with Gasteiger partial charge in [-0.1, -0.05) is 0 Å². The molecular weight excluding hydrogens is 266 g/mol. The average molecular weight is 282 g/mol. The van der Waals surface area contributed by atoms with Crippen LogP contribution >= 0.6 is 15.9 Å². The highest BCUT2D eigenvalue weighted by Crippen LogP contribution is 2.23. The summed E-state index contributed by atoms with van der Waals surface area (Å²) in [5.74, 6) is 1.00. The van der Waals surface area contributed by atoms with Crippen molar-refractivity contribution in [2.24, 2.45) is 4.99 Å². The molecule has 4 heteroatoms. The zero-order valence-electron chi connectivity index (χ0n) is 9.63. The van der Waals surface area contributed by atoms with E-state index in [9.17, 15) is 0 Å². The number of anilines is 1. The summed E-state index contributed by atoms with van der Waals surface area (Å²) >= 11 is 3.60. The van der Waals surface area contributed by atoms with Gasteiger partial charge in [0.1, 0.15) is 5.84 Å². The van der Waals surface area contributed by atoms with Gasteiger partial charge in [0.25, 0.3) is 0 Å². The van der Waals surface area contributed by atoms with Crippen molar-refractivity contribution in [2.75, 3.05) is 32.1 Å². The lowest BCUT2D eigenvalue weighted by Gasteiger charge is -2.18. The summed E-state index contributed by atoms with van der Waals surface area (Å²) in [5.41, 5.74) is 2.33. The monoisotopic (exact) mass is 281 g/mol. The summed E-state index contributed by atoms with van der Waals surface area (Å²) in [6.07, 6.45) is 1.12. The van der Waals surface area contributed by atoms with Crippen LogP contribution in [0.5, 0.6) is 0 Å². The first-order chi connectivity index (χ1) is 7.68. The van der Waals surface area contributed by atoms with Crippen LogP contribution in [0.1, 0.15) is 12.0 Å². The van der Waals surface area contributed by atoms with Crippen LogP contribution in [0.3, 0.4) is 0 Å². The Kier molecular flexibility index (Phi) is 3.49. The van der Waals surface area contributed by atoms with Crippen molar-refractivity contribution < 1.29 is 0 Å². The molecule has 1 N–H and O–H groups in total. The standard InChI is InChI=1S/C12H16BrN3/c1-16(2)9-4-5-10(11(13)8-9)12-14-6-3-7-15-12/h4-5,8H,3,6-7H2,1-2H3,(H,14,15). The van der Waals surface area contributed by atoms with Gasteiger partial charge in [0.15, 0.2) is 0 Å². The first-order valence-corrected chi connectivity index (χ1v) is 6.23. The molecule has 0 amide bonds. The van der Waals surface area contributed by atoms with Crippen molar-refractivity contribution in [1.82, 2.24) is 5.32 Å². The van der Waals surface area contributed by atoms with E-state index in [0.29, 0.717) is 0 Å². The molecule has 0 atom stereocenters. The molecule has 3 nitrogen and oxygen atoms in total. The molecule has 1 aromatic carbocycles. The zero-order valence-corrected chi connectivity index (χ0v) is 11.2. The Bertz CT molecular complexity index is 413. The molecule has 0 aromatic heterocycles. The van der Waals surface area contributed by atoms with Gasteiger partial charge in [0, 0.05) is 42.9 Å². The molecule has 1 heterocycles. The zero-order chi connectivity index (χ0) is 11.5. The predicted octanol–water partition coefficient (Wildman–Crippen LogP) is 2.25. The van der Waals surface area contributed by atoms with Crippen molar-refractivity contribution in [3.05, 3.63) is 28.2 Å². The smallest absolute Gasteiger partial charge is 0.129 e. The fourth-order valence-corrected chi connectivity index (χ4v) is 2.24. The van der Waals surface area contributed by atoms with Gasteiger partial charge >= 0.3 is 0 Å². The molecule has 0 unspecified atom stereocenters. The molecule has 0 saturated carbocycles. The van der Waals surface area contributed by atoms with Crippen molar-refractivity contribution >= 4 is 27.5 Å². The summed E-state index contributed by atoms with van der Waals surface area (Å²) in [5, 5.41) is 3.33. The number of halogens is 1. The van der Waals surface area contributed by atoms with Crippen LogP contribution < -0.4 is 10.2 Å². The fraction of sp³-hybridized carbons (Fsp3) is 0.417. The second-order valence-electron chi connectivity index (χ2n) is 4.07. The van der Waals surface area contributed by atoms with E-state index in [4.69, 9.17) is 0 Å². The van der Waals surface area contributed by atoms with Crippen LogP contribution in [0, 0.1) is 0 Å². The van der Waals surface area contributed by atoms with Crippen LogP contribution in [0.4, 0.5) is 5.69 Å². The van der Waals surface area contributed by atoms with E-state index >= 15 is 0 Å². The minimum atomic E-state index is 0.921. The Hall–Kier alpha value is -1.03. The van der Waals surface area contributed by atoms with Gasteiger partial charge in [0.05, 0.1) is 0 Å². The second-order valence-corrected chi connectivity index (χ2v) is 4.92. The van der Waals surface area contributed by atoms with Crippen LogP contribution in [-0.2, 0) is 0 Å². The molecule has 86 valence electrons. The lowest BCUT2D eigenvalue weighted by Crippen LogP contribution is -2.30. The number of amidine groups is 1. The minimum absolute atomic E-state index is 0.921. The van der Waals surface area contributed by atoms with Gasteiger partial charge in [-0.15, -0.1) is 0 Å². The Balaban J connectivity index is 2.32. The normalized spacial score (nSPS) is 15.3. The van der Waals surface area contributed by atoms with Gasteiger partial charge in [-0.05, 0) is 40.5 Å². The van der Waals surface area contributed by atoms with E-state index in [2.05, 4.69) is 49.3 Å². The Morgan fingerprint density at radius 1 is 1.38 bits per heavy atom. The van der Waals surface area contributed by atoms with Gasteiger partial charge < -0.3 is 10.2 Å². The number of benzene rings is 1. The van der Waals surface area contributed by atoms with Crippen molar-refractivity contribution in [2.45, 2.75) is 6.42 Å². The predicted molar refractivity (Wildman–Crippen MR) is 72.5 cm³/mol. The third kappa shape index (κ3) is 2.38. The Labute approximate surface area is 105 Å². The van der Waals surface area contributed by atoms with Crippen molar-refractivity contribution in [3.63, 3.8) is 0 Å². The lowest BCUT2D eigenvalue weighted by atomic mass is 10.1. The third-order valence-corrected chi connectivity index (χ3v) is 3.28. The van der Waals surface area contributed by atoms with Crippen LogP contribution in [0.25, 0.3) is 0 Å². The van der Waals surface area contributed by atoms with E-state index in [1.54, 1.807) is 0 Å². The van der Waals surface area contributed by atoms with Crippen molar-refractivity contribution in [3.8, 4) is 0 Å². The summed E-state index contributed by atoms with van der Waals surface area (Å²) in [6, 6.07) is 6.34. The summed E-state index contributed by atoms with van der Waals surface area (Å²) in [7, 11) is 4.08. The van der Waals surface area contributed by atoms with E-state index in [1.807, 2.05) is 14.1 Å². The number of aliphatic imine (C=N–C) groups is 1. The topological polar surface area (TPSA) is 27.6 Å².